The SMILES string of the molecule is CN(Cc1cscn1)C(=O)Cn1ccc(N)n1. The Morgan fingerprint density at radius 3 is 3.06 bits per heavy atom. The van der Waals surface area contributed by atoms with E-state index in [4.69, 9.17) is 5.73 Å². The van der Waals surface area contributed by atoms with Crippen LogP contribution in [0.25, 0.3) is 0 Å². The zero-order chi connectivity index (χ0) is 12.3. The number of anilines is 1. The summed E-state index contributed by atoms with van der Waals surface area (Å²) in [6.45, 7) is 0.705. The first-order chi connectivity index (χ1) is 8.15. The highest BCUT2D eigenvalue weighted by molar-refractivity contribution is 7.07. The molecule has 0 atom stereocenters. The molecule has 0 aromatic carbocycles. The topological polar surface area (TPSA) is 77.0 Å². The predicted molar refractivity (Wildman–Crippen MR) is 65.2 cm³/mol. The highest BCUT2D eigenvalue weighted by atomic mass is 32.1. The van der Waals surface area contributed by atoms with Gasteiger partial charge in [-0.05, 0) is 6.07 Å². The number of hydrogen-bond acceptors (Lipinski definition) is 5. The van der Waals surface area contributed by atoms with E-state index in [-0.39, 0.29) is 12.5 Å². The number of hydrogen-bond donors (Lipinski definition) is 1. The monoisotopic (exact) mass is 251 g/mol. The van der Waals surface area contributed by atoms with Crippen molar-refractivity contribution in [1.82, 2.24) is 19.7 Å². The van der Waals surface area contributed by atoms with Crippen LogP contribution < -0.4 is 5.73 Å². The van der Waals surface area contributed by atoms with Crippen LogP contribution >= 0.6 is 11.3 Å². The third kappa shape index (κ3) is 3.04. The third-order valence-corrected chi connectivity index (χ3v) is 2.90. The van der Waals surface area contributed by atoms with Crippen LogP contribution in [0.5, 0.6) is 0 Å². The maximum Gasteiger partial charge on any atom is 0.244 e. The van der Waals surface area contributed by atoms with E-state index in [0.717, 1.165) is 5.69 Å². The summed E-state index contributed by atoms with van der Waals surface area (Å²) in [5.74, 6) is 0.390. The number of carbonyl (C=O) groups is 1. The number of nitrogens with two attached hydrogens (primary N) is 1. The van der Waals surface area contributed by atoms with Gasteiger partial charge >= 0.3 is 0 Å². The Labute approximate surface area is 103 Å². The fraction of sp³-hybridized carbons (Fsp3) is 0.300. The van der Waals surface area contributed by atoms with Crippen LogP contribution in [0.3, 0.4) is 0 Å². The first-order valence-electron chi connectivity index (χ1n) is 5.05. The molecule has 0 spiro atoms. The summed E-state index contributed by atoms with van der Waals surface area (Å²) < 4.78 is 1.52. The van der Waals surface area contributed by atoms with Crippen LogP contribution in [0.4, 0.5) is 5.82 Å². The molecule has 0 bridgehead atoms. The molecule has 6 nitrogen and oxygen atoms in total. The smallest absolute Gasteiger partial charge is 0.244 e. The highest BCUT2D eigenvalue weighted by Crippen LogP contribution is 2.05. The molecule has 90 valence electrons. The molecule has 17 heavy (non-hydrogen) atoms. The van der Waals surface area contributed by atoms with E-state index in [1.54, 1.807) is 29.7 Å². The number of nitrogen functional groups attached to an aromatic ring is 1. The van der Waals surface area contributed by atoms with Crippen molar-refractivity contribution in [3.63, 3.8) is 0 Å². The normalized spacial score (nSPS) is 10.4. The number of carbonyl (C=O) groups excluding carboxylic acids is 1. The van der Waals surface area contributed by atoms with Crippen molar-refractivity contribution >= 4 is 23.1 Å². The van der Waals surface area contributed by atoms with E-state index in [9.17, 15) is 4.79 Å². The van der Waals surface area contributed by atoms with Gasteiger partial charge in [-0.25, -0.2) is 4.98 Å². The minimum atomic E-state index is -0.0268. The highest BCUT2D eigenvalue weighted by Gasteiger charge is 2.11. The predicted octanol–water partition coefficient (Wildman–Crippen LogP) is 0.580. The summed E-state index contributed by atoms with van der Waals surface area (Å²) in [6.07, 6.45) is 1.68. The van der Waals surface area contributed by atoms with Crippen molar-refractivity contribution in [3.05, 3.63) is 28.8 Å². The summed E-state index contributed by atoms with van der Waals surface area (Å²) in [5, 5.41) is 5.89. The van der Waals surface area contributed by atoms with Crippen molar-refractivity contribution in [1.29, 1.82) is 0 Å². The van der Waals surface area contributed by atoms with Gasteiger partial charge in [0.1, 0.15) is 12.4 Å². The molecule has 0 saturated heterocycles. The van der Waals surface area contributed by atoms with Gasteiger partial charge in [0, 0.05) is 18.6 Å². The molecule has 2 rings (SSSR count). The van der Waals surface area contributed by atoms with Crippen molar-refractivity contribution in [3.8, 4) is 0 Å². The van der Waals surface area contributed by atoms with Crippen molar-refractivity contribution < 1.29 is 4.79 Å². The molecule has 1 amide bonds. The van der Waals surface area contributed by atoms with Crippen LogP contribution in [-0.4, -0.2) is 32.6 Å². The third-order valence-electron chi connectivity index (χ3n) is 2.27. The lowest BCUT2D eigenvalue weighted by molar-refractivity contribution is -0.131. The van der Waals surface area contributed by atoms with E-state index in [1.165, 1.54) is 16.0 Å². The Bertz CT molecular complexity index is 493. The van der Waals surface area contributed by atoms with Crippen molar-refractivity contribution in [2.75, 3.05) is 12.8 Å². The van der Waals surface area contributed by atoms with E-state index in [0.29, 0.717) is 12.4 Å². The molecule has 2 N–H and O–H groups in total. The first kappa shape index (κ1) is 11.6. The van der Waals surface area contributed by atoms with Crippen LogP contribution in [0.1, 0.15) is 5.69 Å². The lowest BCUT2D eigenvalue weighted by atomic mass is 10.4. The summed E-state index contributed by atoms with van der Waals surface area (Å²) in [7, 11) is 1.74. The molecule has 2 aromatic heterocycles. The lowest BCUT2D eigenvalue weighted by Crippen LogP contribution is -2.30. The molecular formula is C10H13N5OS. The fourth-order valence-corrected chi connectivity index (χ4v) is 1.92. The quantitative estimate of drug-likeness (QED) is 0.862. The van der Waals surface area contributed by atoms with Crippen LogP contribution in [0.15, 0.2) is 23.2 Å². The van der Waals surface area contributed by atoms with Crippen molar-refractivity contribution in [2.45, 2.75) is 13.1 Å². The summed E-state index contributed by atoms with van der Waals surface area (Å²) in [5.41, 5.74) is 8.12. The van der Waals surface area contributed by atoms with Gasteiger partial charge in [-0.1, -0.05) is 0 Å². The Morgan fingerprint density at radius 2 is 2.47 bits per heavy atom. The Kier molecular flexibility index (Phi) is 3.38. The summed E-state index contributed by atoms with van der Waals surface area (Å²) in [6, 6.07) is 1.66. The number of rotatable bonds is 4. The maximum atomic E-state index is 11.8. The standard InChI is InChI=1S/C10H13N5OS/c1-14(4-8-6-17-7-12-8)10(16)5-15-3-2-9(11)13-15/h2-3,6-7H,4-5H2,1H3,(H2,11,13). The molecule has 0 aliphatic carbocycles. The van der Waals surface area contributed by atoms with Gasteiger partial charge in [-0.15, -0.1) is 11.3 Å². The Morgan fingerprint density at radius 1 is 1.65 bits per heavy atom. The average molecular weight is 251 g/mol. The largest absolute Gasteiger partial charge is 0.382 e. The van der Waals surface area contributed by atoms with Gasteiger partial charge in [0.25, 0.3) is 0 Å². The molecule has 0 aliphatic heterocycles. The van der Waals surface area contributed by atoms with Crippen LogP contribution in [0.2, 0.25) is 0 Å². The summed E-state index contributed by atoms with van der Waals surface area (Å²) >= 11 is 1.52. The molecule has 0 unspecified atom stereocenters. The molecule has 2 heterocycles. The first-order valence-corrected chi connectivity index (χ1v) is 5.99. The molecule has 0 radical (unpaired) electrons. The van der Waals surface area contributed by atoms with E-state index >= 15 is 0 Å². The Hall–Kier alpha value is -1.89. The number of amides is 1. The number of aromatic nitrogens is 3. The molecule has 0 aliphatic rings. The molecule has 7 heteroatoms. The van der Waals surface area contributed by atoms with Gasteiger partial charge in [0.05, 0.1) is 17.7 Å². The van der Waals surface area contributed by atoms with E-state index < -0.39 is 0 Å². The average Bonchev–Trinajstić information content (AvgIpc) is 2.90. The molecular weight excluding hydrogens is 238 g/mol. The number of thiazole rings is 1. The van der Waals surface area contributed by atoms with Gasteiger partial charge in [-0.3, -0.25) is 9.48 Å². The van der Waals surface area contributed by atoms with Gasteiger partial charge in [0.15, 0.2) is 0 Å². The van der Waals surface area contributed by atoms with Crippen LogP contribution in [-0.2, 0) is 17.9 Å². The number of nitrogens with zero attached hydrogens (tertiary/aromatic N) is 4. The van der Waals surface area contributed by atoms with Crippen molar-refractivity contribution in [2.24, 2.45) is 0 Å². The maximum absolute atomic E-state index is 11.8. The second-order valence-electron chi connectivity index (χ2n) is 3.67. The van der Waals surface area contributed by atoms with E-state index in [1.807, 2.05) is 5.38 Å². The van der Waals surface area contributed by atoms with Gasteiger partial charge < -0.3 is 10.6 Å². The lowest BCUT2D eigenvalue weighted by Gasteiger charge is -2.15. The second-order valence-corrected chi connectivity index (χ2v) is 4.39. The van der Waals surface area contributed by atoms with E-state index in [2.05, 4.69) is 10.1 Å². The zero-order valence-electron chi connectivity index (χ0n) is 9.41. The fourth-order valence-electron chi connectivity index (χ4n) is 1.37. The minimum absolute atomic E-state index is 0.0268. The molecule has 2 aromatic rings. The molecule has 0 saturated carbocycles. The zero-order valence-corrected chi connectivity index (χ0v) is 10.2. The summed E-state index contributed by atoms with van der Waals surface area (Å²) in [4.78, 5) is 17.6. The number of likely N-dealkylation sites (N-methyl/N-ethyl adjacent to an activating group) is 1. The van der Waals surface area contributed by atoms with Gasteiger partial charge in [-0.2, -0.15) is 5.10 Å². The van der Waals surface area contributed by atoms with Crippen LogP contribution in [0, 0.1) is 0 Å². The molecule has 0 fully saturated rings. The minimum Gasteiger partial charge on any atom is -0.382 e. The second kappa shape index (κ2) is 4.96. The van der Waals surface area contributed by atoms with Gasteiger partial charge in [0.2, 0.25) is 5.91 Å². The Balaban J connectivity index is 1.91.